The third kappa shape index (κ3) is 4.24. The van der Waals surface area contributed by atoms with Crippen molar-refractivity contribution in [1.29, 1.82) is 0 Å². The Hall–Kier alpha value is -3.49. The first-order valence-electron chi connectivity index (χ1n) is 9.96. The molecule has 1 aliphatic rings. The minimum absolute atomic E-state index is 0.0533. The number of esters is 1. The highest BCUT2D eigenvalue weighted by Crippen LogP contribution is 2.34. The lowest BCUT2D eigenvalue weighted by atomic mass is 10.0. The molecule has 0 bridgehead atoms. The zero-order valence-electron chi connectivity index (χ0n) is 16.9. The summed E-state index contributed by atoms with van der Waals surface area (Å²) in [5.41, 5.74) is 3.67. The number of ether oxygens (including phenoxy) is 1. The minimum atomic E-state index is -0.340. The van der Waals surface area contributed by atoms with Gasteiger partial charge < -0.3 is 14.6 Å². The number of aryl methyl sites for hydroxylation is 2. The number of benzene rings is 1. The van der Waals surface area contributed by atoms with Gasteiger partial charge in [-0.3, -0.25) is 14.3 Å². The molecule has 1 N–H and O–H groups in total. The molecule has 0 saturated heterocycles. The molecule has 0 saturated carbocycles. The van der Waals surface area contributed by atoms with Crippen LogP contribution in [0, 0.1) is 0 Å². The zero-order chi connectivity index (χ0) is 21.1. The summed E-state index contributed by atoms with van der Waals surface area (Å²) in [5.74, 6) is 0.682. The molecular formula is C21H23N5O4. The Labute approximate surface area is 173 Å². The Morgan fingerprint density at radius 1 is 1.37 bits per heavy atom. The quantitative estimate of drug-likeness (QED) is 0.597. The van der Waals surface area contributed by atoms with E-state index in [9.17, 15) is 9.59 Å². The summed E-state index contributed by atoms with van der Waals surface area (Å²) in [5, 5.41) is 11.3. The van der Waals surface area contributed by atoms with Crippen molar-refractivity contribution in [3.05, 3.63) is 53.2 Å². The number of carbonyl (C=O) groups is 2. The van der Waals surface area contributed by atoms with Crippen LogP contribution in [-0.2, 0) is 28.9 Å². The maximum Gasteiger partial charge on any atom is 0.302 e. The monoisotopic (exact) mass is 409 g/mol. The topological polar surface area (TPSA) is 112 Å². The number of carbonyl (C=O) groups excluding carboxylic acids is 2. The van der Waals surface area contributed by atoms with Crippen molar-refractivity contribution < 1.29 is 18.8 Å². The third-order valence-corrected chi connectivity index (χ3v) is 5.08. The Kier molecular flexibility index (Phi) is 5.60. The molecule has 1 unspecified atom stereocenters. The van der Waals surface area contributed by atoms with Crippen molar-refractivity contribution in [2.24, 2.45) is 0 Å². The first kappa shape index (κ1) is 19.8. The van der Waals surface area contributed by atoms with Gasteiger partial charge in [0.05, 0.1) is 24.3 Å². The second-order valence-corrected chi connectivity index (χ2v) is 7.18. The number of nitrogens with zero attached hydrogens (tertiary/aromatic N) is 4. The number of hydrogen-bond acceptors (Lipinski definition) is 7. The van der Waals surface area contributed by atoms with E-state index in [-0.39, 0.29) is 24.5 Å². The highest BCUT2D eigenvalue weighted by Gasteiger charge is 2.25. The van der Waals surface area contributed by atoms with E-state index in [1.807, 2.05) is 19.1 Å². The first-order chi connectivity index (χ1) is 14.5. The van der Waals surface area contributed by atoms with Crippen LogP contribution in [0.25, 0.3) is 11.4 Å². The summed E-state index contributed by atoms with van der Waals surface area (Å²) in [6.45, 7) is 3.94. The summed E-state index contributed by atoms with van der Waals surface area (Å²) >= 11 is 0. The highest BCUT2D eigenvalue weighted by molar-refractivity contribution is 5.94. The van der Waals surface area contributed by atoms with Crippen molar-refractivity contribution in [3.63, 3.8) is 0 Å². The van der Waals surface area contributed by atoms with Crippen LogP contribution in [0.5, 0.6) is 0 Å². The lowest BCUT2D eigenvalue weighted by Crippen LogP contribution is -2.26. The molecule has 0 spiro atoms. The summed E-state index contributed by atoms with van der Waals surface area (Å²) < 4.78 is 11.7. The van der Waals surface area contributed by atoms with Crippen LogP contribution in [0.15, 0.2) is 35.1 Å². The molecule has 0 fully saturated rings. The summed E-state index contributed by atoms with van der Waals surface area (Å²) in [6.07, 6.45) is 5.57. The largest absolute Gasteiger partial charge is 0.464 e. The summed E-state index contributed by atoms with van der Waals surface area (Å²) in [6, 6.07) is 5.99. The molecular weight excluding hydrogens is 386 g/mol. The lowest BCUT2D eigenvalue weighted by molar-refractivity contribution is -0.141. The predicted molar refractivity (Wildman–Crippen MR) is 107 cm³/mol. The standard InChI is InChI=1S/C21H23N5O4/c1-3-19-24-20(25-30-19)15-4-6-17-14(10-15)5-7-18(17)23-21(28)16-11-22-26(12-16)8-9-29-13(2)27/h4,6,10-12,18H,3,5,7-9H2,1-2H3,(H,23,28). The van der Waals surface area contributed by atoms with Crippen LogP contribution in [0.1, 0.15) is 53.7 Å². The van der Waals surface area contributed by atoms with E-state index >= 15 is 0 Å². The SMILES string of the molecule is CCc1nc(-c2ccc3c(c2)CCC3NC(=O)c2cnn(CCOC(C)=O)c2)no1. The van der Waals surface area contributed by atoms with Crippen molar-refractivity contribution in [1.82, 2.24) is 25.2 Å². The molecule has 4 rings (SSSR count). The van der Waals surface area contributed by atoms with Gasteiger partial charge in [0.2, 0.25) is 11.7 Å². The number of amides is 1. The molecule has 1 aromatic carbocycles. The van der Waals surface area contributed by atoms with Crippen LogP contribution in [0.2, 0.25) is 0 Å². The van der Waals surface area contributed by atoms with Gasteiger partial charge in [-0.2, -0.15) is 10.1 Å². The summed E-state index contributed by atoms with van der Waals surface area (Å²) in [7, 11) is 0. The predicted octanol–water partition coefficient (Wildman–Crippen LogP) is 2.48. The van der Waals surface area contributed by atoms with Gasteiger partial charge >= 0.3 is 5.97 Å². The lowest BCUT2D eigenvalue weighted by Gasteiger charge is -2.13. The van der Waals surface area contributed by atoms with Crippen molar-refractivity contribution in [3.8, 4) is 11.4 Å². The number of rotatable bonds is 7. The number of aromatic nitrogens is 4. The maximum absolute atomic E-state index is 12.6. The van der Waals surface area contributed by atoms with Crippen LogP contribution < -0.4 is 5.32 Å². The van der Waals surface area contributed by atoms with E-state index in [0.29, 0.717) is 30.2 Å². The normalized spacial score (nSPS) is 15.1. The molecule has 30 heavy (non-hydrogen) atoms. The van der Waals surface area contributed by atoms with Gasteiger partial charge in [-0.15, -0.1) is 0 Å². The minimum Gasteiger partial charge on any atom is -0.464 e. The number of nitrogens with one attached hydrogen (secondary N) is 1. The Bertz CT molecular complexity index is 1070. The number of hydrogen-bond donors (Lipinski definition) is 1. The van der Waals surface area contributed by atoms with Crippen molar-refractivity contribution in [2.75, 3.05) is 6.61 Å². The van der Waals surface area contributed by atoms with Gasteiger partial charge in [-0.1, -0.05) is 24.2 Å². The molecule has 3 aromatic rings. The average molecular weight is 409 g/mol. The zero-order valence-corrected chi connectivity index (χ0v) is 16.9. The van der Waals surface area contributed by atoms with Gasteiger partial charge in [0.1, 0.15) is 6.61 Å². The van der Waals surface area contributed by atoms with Gasteiger partial charge in [0.25, 0.3) is 5.91 Å². The van der Waals surface area contributed by atoms with Crippen molar-refractivity contribution >= 4 is 11.9 Å². The second-order valence-electron chi connectivity index (χ2n) is 7.18. The molecule has 9 heteroatoms. The van der Waals surface area contributed by atoms with E-state index < -0.39 is 0 Å². The average Bonchev–Trinajstić information content (AvgIpc) is 3.47. The third-order valence-electron chi connectivity index (χ3n) is 5.08. The van der Waals surface area contributed by atoms with E-state index in [1.165, 1.54) is 18.7 Å². The second kappa shape index (κ2) is 8.48. The molecule has 0 radical (unpaired) electrons. The van der Waals surface area contributed by atoms with Crippen LogP contribution in [0.4, 0.5) is 0 Å². The fourth-order valence-electron chi connectivity index (χ4n) is 3.55. The Morgan fingerprint density at radius 2 is 2.23 bits per heavy atom. The van der Waals surface area contributed by atoms with E-state index in [0.717, 1.165) is 24.0 Å². The van der Waals surface area contributed by atoms with Gasteiger partial charge in [-0.05, 0) is 30.0 Å². The van der Waals surface area contributed by atoms with E-state index in [1.54, 1.807) is 10.9 Å². The summed E-state index contributed by atoms with van der Waals surface area (Å²) in [4.78, 5) is 27.9. The molecule has 1 atom stereocenters. The highest BCUT2D eigenvalue weighted by atomic mass is 16.5. The van der Waals surface area contributed by atoms with Crippen molar-refractivity contribution in [2.45, 2.75) is 45.7 Å². The Morgan fingerprint density at radius 3 is 3.00 bits per heavy atom. The molecule has 1 aliphatic carbocycles. The molecule has 1 amide bonds. The molecule has 2 heterocycles. The molecule has 9 nitrogen and oxygen atoms in total. The molecule has 156 valence electrons. The van der Waals surface area contributed by atoms with Crippen LogP contribution in [-0.4, -0.2) is 38.4 Å². The smallest absolute Gasteiger partial charge is 0.302 e. The molecule has 2 aromatic heterocycles. The fourth-order valence-corrected chi connectivity index (χ4v) is 3.55. The Balaban J connectivity index is 1.40. The maximum atomic E-state index is 12.6. The first-order valence-corrected chi connectivity index (χ1v) is 9.96. The fraction of sp³-hybridized carbons (Fsp3) is 0.381. The van der Waals surface area contributed by atoms with E-state index in [4.69, 9.17) is 9.26 Å². The van der Waals surface area contributed by atoms with Crippen LogP contribution in [0.3, 0.4) is 0 Å². The van der Waals surface area contributed by atoms with Gasteiger partial charge in [0.15, 0.2) is 0 Å². The van der Waals surface area contributed by atoms with E-state index in [2.05, 4.69) is 26.6 Å². The van der Waals surface area contributed by atoms with Gasteiger partial charge in [0, 0.05) is 25.1 Å². The number of fused-ring (bicyclic) bond motifs is 1. The van der Waals surface area contributed by atoms with Gasteiger partial charge in [-0.25, -0.2) is 0 Å². The van der Waals surface area contributed by atoms with Crippen LogP contribution >= 0.6 is 0 Å². The molecule has 0 aliphatic heterocycles.